The maximum Gasteiger partial charge on any atom is 0.352 e. The summed E-state index contributed by atoms with van der Waals surface area (Å²) in [5.74, 6) is 16.6. The summed E-state index contributed by atoms with van der Waals surface area (Å²) in [6, 6.07) is 14.5. The number of hydrogen-bond donors (Lipinski definition) is 0. The lowest BCUT2D eigenvalue weighted by Gasteiger charge is -2.06. The van der Waals surface area contributed by atoms with Crippen molar-refractivity contribution in [3.05, 3.63) is 59.7 Å². The van der Waals surface area contributed by atoms with Gasteiger partial charge in [0.1, 0.15) is 12.7 Å². The monoisotopic (exact) mass is 380 g/mol. The van der Waals surface area contributed by atoms with Crippen molar-refractivity contribution in [3.63, 3.8) is 0 Å². The van der Waals surface area contributed by atoms with E-state index in [4.69, 9.17) is 9.47 Å². The van der Waals surface area contributed by atoms with Gasteiger partial charge in [-0.3, -0.25) is 4.79 Å². The van der Waals surface area contributed by atoms with Crippen molar-refractivity contribution in [2.75, 3.05) is 0 Å². The van der Waals surface area contributed by atoms with Crippen LogP contribution in [-0.2, 0) is 20.9 Å². The van der Waals surface area contributed by atoms with E-state index in [9.17, 15) is 9.59 Å². The first-order chi connectivity index (χ1) is 14.1. The van der Waals surface area contributed by atoms with Crippen LogP contribution in [0.25, 0.3) is 11.1 Å². The molecule has 2 aromatic carbocycles. The number of carbonyl (C=O) groups is 2. The van der Waals surface area contributed by atoms with Gasteiger partial charge in [0.15, 0.2) is 0 Å². The molecule has 4 nitrogen and oxygen atoms in total. The fourth-order valence-electron chi connectivity index (χ4n) is 2.15. The maximum atomic E-state index is 12.1. The predicted molar refractivity (Wildman–Crippen MR) is 110 cm³/mol. The van der Waals surface area contributed by atoms with Gasteiger partial charge in [-0.05, 0) is 53.5 Å². The fraction of sp³-hybridized carbons (Fsp3) is 0.120. The number of esters is 2. The number of hydrogen-bond acceptors (Lipinski definition) is 4. The lowest BCUT2D eigenvalue weighted by molar-refractivity contribution is -0.142. The standard InChI is InChI=1S/C25H16O4/c1-3-4-5-6-7-8-9-17-28-25(27)24-12-10-11-23(18-24)22-15-13-21(14-16-22)19-29-20(2)26/h10-16,18H,19H2,1-2H3. The van der Waals surface area contributed by atoms with Crippen molar-refractivity contribution in [1.82, 2.24) is 0 Å². The molecule has 0 heterocycles. The Bertz CT molecular complexity index is 1140. The molecule has 0 unspecified atom stereocenters. The third kappa shape index (κ3) is 7.40. The summed E-state index contributed by atoms with van der Waals surface area (Å²) in [5, 5.41) is 0. The number of rotatable bonds is 4. The summed E-state index contributed by atoms with van der Waals surface area (Å²) in [7, 11) is 0. The highest BCUT2D eigenvalue weighted by atomic mass is 16.5. The molecule has 2 rings (SSSR count). The Labute approximate surface area is 170 Å². The highest BCUT2D eigenvalue weighted by Gasteiger charge is 2.08. The highest BCUT2D eigenvalue weighted by molar-refractivity contribution is 5.91. The Morgan fingerprint density at radius 3 is 2.24 bits per heavy atom. The molecule has 29 heavy (non-hydrogen) atoms. The van der Waals surface area contributed by atoms with Gasteiger partial charge in [0.25, 0.3) is 0 Å². The zero-order valence-corrected chi connectivity index (χ0v) is 16.0. The predicted octanol–water partition coefficient (Wildman–Crippen LogP) is 3.56. The Balaban J connectivity index is 2.03. The van der Waals surface area contributed by atoms with Crippen LogP contribution in [0.3, 0.4) is 0 Å². The van der Waals surface area contributed by atoms with Crippen LogP contribution in [0, 0.1) is 47.5 Å². The average molecular weight is 380 g/mol. The van der Waals surface area contributed by atoms with Crippen LogP contribution in [0.4, 0.5) is 0 Å². The molecule has 2 aromatic rings. The molecule has 0 saturated heterocycles. The van der Waals surface area contributed by atoms with Crippen LogP contribution in [0.2, 0.25) is 0 Å². The second-order valence-electron chi connectivity index (χ2n) is 5.55. The van der Waals surface area contributed by atoms with Gasteiger partial charge in [0.2, 0.25) is 0 Å². The van der Waals surface area contributed by atoms with Crippen LogP contribution >= 0.6 is 0 Å². The summed E-state index contributed by atoms with van der Waals surface area (Å²) < 4.78 is 9.86. The van der Waals surface area contributed by atoms with Crippen LogP contribution in [0.15, 0.2) is 48.5 Å². The Morgan fingerprint density at radius 1 is 0.862 bits per heavy atom. The van der Waals surface area contributed by atoms with E-state index < -0.39 is 5.97 Å². The van der Waals surface area contributed by atoms with E-state index >= 15 is 0 Å². The zero-order chi connectivity index (χ0) is 20.9. The molecule has 0 fully saturated rings. The smallest absolute Gasteiger partial charge is 0.352 e. The van der Waals surface area contributed by atoms with E-state index in [1.807, 2.05) is 30.3 Å². The van der Waals surface area contributed by atoms with E-state index in [1.165, 1.54) is 6.92 Å². The van der Waals surface area contributed by atoms with E-state index in [0.717, 1.165) is 16.7 Å². The van der Waals surface area contributed by atoms with Gasteiger partial charge in [-0.1, -0.05) is 42.3 Å². The van der Waals surface area contributed by atoms with Gasteiger partial charge in [-0.25, -0.2) is 4.79 Å². The molecule has 0 aliphatic heterocycles. The largest absolute Gasteiger partial charge is 0.461 e. The Morgan fingerprint density at radius 2 is 1.55 bits per heavy atom. The zero-order valence-electron chi connectivity index (χ0n) is 16.0. The first-order valence-electron chi connectivity index (χ1n) is 8.56. The second-order valence-corrected chi connectivity index (χ2v) is 5.55. The number of carbonyl (C=O) groups excluding carboxylic acids is 2. The molecule has 0 saturated carbocycles. The van der Waals surface area contributed by atoms with Crippen molar-refractivity contribution in [2.24, 2.45) is 0 Å². The fourth-order valence-corrected chi connectivity index (χ4v) is 2.15. The summed E-state index contributed by atoms with van der Waals surface area (Å²) >= 11 is 0. The van der Waals surface area contributed by atoms with Crippen molar-refractivity contribution < 1.29 is 19.1 Å². The normalized spacial score (nSPS) is 8.34. The molecule has 4 heteroatoms. The first-order valence-corrected chi connectivity index (χ1v) is 8.56. The minimum Gasteiger partial charge on any atom is -0.461 e. The second kappa shape index (κ2) is 11.4. The SMILES string of the molecule is CC#CC#CC#CC#COC(=O)c1cccc(-c2ccc(COC(C)=O)cc2)c1. The molecule has 0 N–H and O–H groups in total. The van der Waals surface area contributed by atoms with E-state index in [2.05, 4.69) is 47.5 Å². The van der Waals surface area contributed by atoms with Crippen molar-refractivity contribution in [3.8, 4) is 58.7 Å². The van der Waals surface area contributed by atoms with E-state index in [0.29, 0.717) is 5.56 Å². The van der Waals surface area contributed by atoms with Crippen LogP contribution < -0.4 is 0 Å². The molecule has 140 valence electrons. The average Bonchev–Trinajstić information content (AvgIpc) is 2.74. The molecule has 0 aromatic heterocycles. The summed E-state index contributed by atoms with van der Waals surface area (Å²) in [4.78, 5) is 23.0. The molecular formula is C25H16O4. The van der Waals surface area contributed by atoms with Crippen LogP contribution in [0.5, 0.6) is 0 Å². The van der Waals surface area contributed by atoms with Gasteiger partial charge >= 0.3 is 11.9 Å². The topological polar surface area (TPSA) is 52.6 Å². The molecule has 0 radical (unpaired) electrons. The maximum absolute atomic E-state index is 12.1. The van der Waals surface area contributed by atoms with E-state index in [1.54, 1.807) is 25.1 Å². The highest BCUT2D eigenvalue weighted by Crippen LogP contribution is 2.21. The van der Waals surface area contributed by atoms with Crippen LogP contribution in [0.1, 0.15) is 29.8 Å². The molecule has 0 spiro atoms. The van der Waals surface area contributed by atoms with Crippen molar-refractivity contribution in [1.29, 1.82) is 0 Å². The Kier molecular flexibility index (Phi) is 8.20. The van der Waals surface area contributed by atoms with Gasteiger partial charge in [0, 0.05) is 24.7 Å². The van der Waals surface area contributed by atoms with Crippen molar-refractivity contribution >= 4 is 11.9 Å². The third-order valence-corrected chi connectivity index (χ3v) is 3.46. The molecule has 0 aliphatic carbocycles. The van der Waals surface area contributed by atoms with Crippen molar-refractivity contribution in [2.45, 2.75) is 20.5 Å². The third-order valence-electron chi connectivity index (χ3n) is 3.46. The molecule has 0 bridgehead atoms. The minimum atomic E-state index is -0.574. The summed E-state index contributed by atoms with van der Waals surface area (Å²) in [6.07, 6.45) is 2.25. The molecular weight excluding hydrogens is 364 g/mol. The quantitative estimate of drug-likeness (QED) is 0.601. The van der Waals surface area contributed by atoms with Crippen LogP contribution in [-0.4, -0.2) is 11.9 Å². The molecule has 0 atom stereocenters. The van der Waals surface area contributed by atoms with E-state index in [-0.39, 0.29) is 12.6 Å². The summed E-state index contributed by atoms with van der Waals surface area (Å²) in [5.41, 5.74) is 3.00. The van der Waals surface area contributed by atoms with Gasteiger partial charge in [-0.15, -0.1) is 0 Å². The first kappa shape index (κ1) is 20.9. The summed E-state index contributed by atoms with van der Waals surface area (Å²) in [6.45, 7) is 3.27. The molecule has 0 aliphatic rings. The number of ether oxygens (including phenoxy) is 2. The minimum absolute atomic E-state index is 0.223. The van der Waals surface area contributed by atoms with Gasteiger partial charge in [-0.2, -0.15) is 0 Å². The number of benzene rings is 2. The van der Waals surface area contributed by atoms with Gasteiger partial charge in [0.05, 0.1) is 5.56 Å². The lowest BCUT2D eigenvalue weighted by atomic mass is 10.0. The Hall–Kier alpha value is -4.38. The molecule has 0 amide bonds. The van der Waals surface area contributed by atoms with Gasteiger partial charge < -0.3 is 9.47 Å². The lowest BCUT2D eigenvalue weighted by Crippen LogP contribution is -2.01.